The number of hydrogen-bond donors (Lipinski definition) is 0. The van der Waals surface area contributed by atoms with Crippen LogP contribution in [0.2, 0.25) is 0 Å². The fraction of sp³-hybridized carbons (Fsp3) is 0.333. The second kappa shape index (κ2) is 7.11. The van der Waals surface area contributed by atoms with Crippen LogP contribution in [0.5, 0.6) is 11.5 Å². The van der Waals surface area contributed by atoms with Crippen molar-refractivity contribution in [2.75, 3.05) is 7.11 Å². The zero-order chi connectivity index (χ0) is 15.2. The minimum Gasteiger partial charge on any atom is -0.497 e. The van der Waals surface area contributed by atoms with E-state index in [4.69, 9.17) is 9.47 Å². The molecule has 0 aliphatic carbocycles. The summed E-state index contributed by atoms with van der Waals surface area (Å²) in [6.45, 7) is 4.57. The van der Waals surface area contributed by atoms with Crippen molar-refractivity contribution in [3.05, 3.63) is 59.4 Å². The first-order chi connectivity index (χ1) is 10.1. The highest BCUT2D eigenvalue weighted by Crippen LogP contribution is 2.23. The molecule has 0 heterocycles. The maximum absolute atomic E-state index is 13.8. The maximum Gasteiger partial charge on any atom is 0.133 e. The second-order valence-electron chi connectivity index (χ2n) is 5.12. The molecule has 0 saturated heterocycles. The van der Waals surface area contributed by atoms with Gasteiger partial charge in [0.25, 0.3) is 0 Å². The van der Waals surface area contributed by atoms with E-state index in [0.29, 0.717) is 17.2 Å². The Morgan fingerprint density at radius 1 is 1.05 bits per heavy atom. The average molecular weight is 288 g/mol. The van der Waals surface area contributed by atoms with Crippen molar-refractivity contribution in [2.24, 2.45) is 0 Å². The summed E-state index contributed by atoms with van der Waals surface area (Å²) in [6, 6.07) is 12.8. The van der Waals surface area contributed by atoms with Gasteiger partial charge in [-0.05, 0) is 42.2 Å². The predicted octanol–water partition coefficient (Wildman–Crippen LogP) is 4.93. The summed E-state index contributed by atoms with van der Waals surface area (Å²) in [4.78, 5) is 0. The van der Waals surface area contributed by atoms with Crippen molar-refractivity contribution in [1.82, 2.24) is 0 Å². The summed E-state index contributed by atoms with van der Waals surface area (Å²) in [5.41, 5.74) is 1.81. The molecule has 0 radical (unpaired) electrons. The van der Waals surface area contributed by atoms with E-state index in [1.165, 1.54) is 18.7 Å². The van der Waals surface area contributed by atoms with Crippen LogP contribution < -0.4 is 9.47 Å². The number of benzene rings is 2. The van der Waals surface area contributed by atoms with Crippen LogP contribution >= 0.6 is 0 Å². The first kappa shape index (κ1) is 15.4. The summed E-state index contributed by atoms with van der Waals surface area (Å²) in [6.07, 6.45) is 1.11. The molecule has 0 aliphatic heterocycles. The minimum atomic E-state index is -0.314. The Balaban J connectivity index is 1.99. The number of rotatable bonds is 6. The van der Waals surface area contributed by atoms with Crippen LogP contribution in [0.15, 0.2) is 42.5 Å². The summed E-state index contributed by atoms with van der Waals surface area (Å²) in [5, 5.41) is 0. The molecule has 0 spiro atoms. The highest BCUT2D eigenvalue weighted by atomic mass is 19.1. The molecule has 2 aromatic carbocycles. The van der Waals surface area contributed by atoms with Crippen LogP contribution in [0.4, 0.5) is 4.39 Å². The fourth-order valence-corrected chi connectivity index (χ4v) is 2.06. The van der Waals surface area contributed by atoms with Crippen molar-refractivity contribution in [2.45, 2.75) is 32.8 Å². The lowest BCUT2D eigenvalue weighted by Gasteiger charge is -2.11. The van der Waals surface area contributed by atoms with Crippen molar-refractivity contribution in [3.8, 4) is 11.5 Å². The molecule has 0 fully saturated rings. The zero-order valence-corrected chi connectivity index (χ0v) is 12.7. The lowest BCUT2D eigenvalue weighted by atomic mass is 9.99. The fourth-order valence-electron chi connectivity index (χ4n) is 2.06. The molecule has 0 aliphatic rings. The molecule has 1 atom stereocenters. The van der Waals surface area contributed by atoms with Crippen LogP contribution in [-0.4, -0.2) is 7.11 Å². The molecular weight excluding hydrogens is 267 g/mol. The highest BCUT2D eigenvalue weighted by molar-refractivity contribution is 5.31. The molecule has 0 saturated carbocycles. The van der Waals surface area contributed by atoms with Gasteiger partial charge in [-0.2, -0.15) is 0 Å². The zero-order valence-electron chi connectivity index (χ0n) is 12.7. The molecule has 112 valence electrons. The molecule has 2 rings (SSSR count). The van der Waals surface area contributed by atoms with Gasteiger partial charge in [0.15, 0.2) is 0 Å². The van der Waals surface area contributed by atoms with Gasteiger partial charge in [-0.25, -0.2) is 4.39 Å². The van der Waals surface area contributed by atoms with E-state index in [9.17, 15) is 4.39 Å². The Morgan fingerprint density at radius 2 is 1.71 bits per heavy atom. The first-order valence-electron chi connectivity index (χ1n) is 7.19. The quantitative estimate of drug-likeness (QED) is 0.750. The third kappa shape index (κ3) is 3.97. The van der Waals surface area contributed by atoms with E-state index in [-0.39, 0.29) is 12.4 Å². The smallest absolute Gasteiger partial charge is 0.133 e. The van der Waals surface area contributed by atoms with Crippen molar-refractivity contribution < 1.29 is 13.9 Å². The Morgan fingerprint density at radius 3 is 2.29 bits per heavy atom. The SMILES string of the molecule is CCC(C)c1ccc(OCc2ccc(OC)cc2F)cc1. The number of methoxy groups -OCH3 is 1. The van der Waals surface area contributed by atoms with Gasteiger partial charge in [0.2, 0.25) is 0 Å². The lowest BCUT2D eigenvalue weighted by molar-refractivity contribution is 0.299. The Labute approximate surface area is 125 Å². The summed E-state index contributed by atoms with van der Waals surface area (Å²) >= 11 is 0. The highest BCUT2D eigenvalue weighted by Gasteiger charge is 2.06. The van der Waals surface area contributed by atoms with Crippen molar-refractivity contribution >= 4 is 0 Å². The minimum absolute atomic E-state index is 0.207. The molecule has 0 aromatic heterocycles. The Hall–Kier alpha value is -2.03. The van der Waals surface area contributed by atoms with Gasteiger partial charge in [0, 0.05) is 11.6 Å². The van der Waals surface area contributed by atoms with E-state index in [1.54, 1.807) is 12.1 Å². The molecule has 3 heteroatoms. The van der Waals surface area contributed by atoms with E-state index in [2.05, 4.69) is 26.0 Å². The van der Waals surface area contributed by atoms with Crippen molar-refractivity contribution in [3.63, 3.8) is 0 Å². The molecular formula is C18H21FO2. The van der Waals surface area contributed by atoms with Crippen LogP contribution in [0.25, 0.3) is 0 Å². The Bertz CT molecular complexity index is 578. The Kier molecular flexibility index (Phi) is 5.20. The lowest BCUT2D eigenvalue weighted by Crippen LogP contribution is -1.99. The largest absolute Gasteiger partial charge is 0.497 e. The van der Waals surface area contributed by atoms with Gasteiger partial charge in [-0.15, -0.1) is 0 Å². The average Bonchev–Trinajstić information content (AvgIpc) is 2.53. The molecule has 0 amide bonds. The summed E-state index contributed by atoms with van der Waals surface area (Å²) < 4.78 is 24.4. The molecule has 2 nitrogen and oxygen atoms in total. The number of hydrogen-bond acceptors (Lipinski definition) is 2. The summed E-state index contributed by atoms with van der Waals surface area (Å²) in [7, 11) is 1.52. The van der Waals surface area contributed by atoms with Gasteiger partial charge in [0.1, 0.15) is 23.9 Å². The number of halogens is 1. The number of ether oxygens (including phenoxy) is 2. The van der Waals surface area contributed by atoms with Gasteiger partial charge in [0.05, 0.1) is 7.11 Å². The van der Waals surface area contributed by atoms with Crippen LogP contribution in [0.3, 0.4) is 0 Å². The summed E-state index contributed by atoms with van der Waals surface area (Å²) in [5.74, 6) is 1.48. The molecule has 2 aromatic rings. The first-order valence-corrected chi connectivity index (χ1v) is 7.19. The monoisotopic (exact) mass is 288 g/mol. The molecule has 0 bridgehead atoms. The molecule has 1 unspecified atom stereocenters. The van der Waals surface area contributed by atoms with Crippen molar-refractivity contribution in [1.29, 1.82) is 0 Å². The van der Waals surface area contributed by atoms with E-state index in [0.717, 1.165) is 12.2 Å². The normalized spacial score (nSPS) is 12.0. The van der Waals surface area contributed by atoms with Crippen LogP contribution in [0, 0.1) is 5.82 Å². The van der Waals surface area contributed by atoms with E-state index in [1.807, 2.05) is 12.1 Å². The third-order valence-electron chi connectivity index (χ3n) is 3.72. The van der Waals surface area contributed by atoms with Gasteiger partial charge >= 0.3 is 0 Å². The van der Waals surface area contributed by atoms with E-state index < -0.39 is 0 Å². The second-order valence-corrected chi connectivity index (χ2v) is 5.12. The standard InChI is InChI=1S/C18H21FO2/c1-4-13(2)14-5-8-16(9-6-14)21-12-15-7-10-17(20-3)11-18(15)19/h5-11,13H,4,12H2,1-3H3. The maximum atomic E-state index is 13.8. The van der Waals surface area contributed by atoms with Gasteiger partial charge < -0.3 is 9.47 Å². The van der Waals surface area contributed by atoms with Crippen LogP contribution in [-0.2, 0) is 6.61 Å². The van der Waals surface area contributed by atoms with Crippen LogP contribution in [0.1, 0.15) is 37.3 Å². The molecule has 0 N–H and O–H groups in total. The topological polar surface area (TPSA) is 18.5 Å². The van der Waals surface area contributed by atoms with E-state index >= 15 is 0 Å². The third-order valence-corrected chi connectivity index (χ3v) is 3.72. The van der Waals surface area contributed by atoms with Gasteiger partial charge in [-0.1, -0.05) is 26.0 Å². The predicted molar refractivity (Wildman–Crippen MR) is 82.4 cm³/mol. The molecule has 21 heavy (non-hydrogen) atoms. The van der Waals surface area contributed by atoms with Gasteiger partial charge in [-0.3, -0.25) is 0 Å².